The third-order valence-corrected chi connectivity index (χ3v) is 4.33. The second-order valence-electron chi connectivity index (χ2n) is 5.40. The van der Waals surface area contributed by atoms with Gasteiger partial charge in [0.2, 0.25) is 0 Å². The maximum absolute atomic E-state index is 5.10. The van der Waals surface area contributed by atoms with Crippen LogP contribution >= 0.6 is 11.8 Å². The minimum atomic E-state index is 0.260. The van der Waals surface area contributed by atoms with Crippen LogP contribution in [0.1, 0.15) is 18.1 Å². The largest absolute Gasteiger partial charge is 0.472 e. The van der Waals surface area contributed by atoms with Crippen LogP contribution in [0, 0.1) is 0 Å². The summed E-state index contributed by atoms with van der Waals surface area (Å²) < 4.78 is 5.10. The number of furan rings is 1. The highest BCUT2D eigenvalue weighted by Crippen LogP contribution is 2.21. The van der Waals surface area contributed by atoms with E-state index in [4.69, 9.17) is 4.42 Å². The van der Waals surface area contributed by atoms with E-state index in [-0.39, 0.29) is 6.04 Å². The molecule has 2 aromatic heterocycles. The number of thioether (sulfide) groups is 1. The molecule has 1 aromatic carbocycles. The summed E-state index contributed by atoms with van der Waals surface area (Å²) in [6, 6.07) is 12.6. The average molecular weight is 325 g/mol. The first kappa shape index (κ1) is 15.6. The average Bonchev–Trinajstić information content (AvgIpc) is 3.07. The Morgan fingerprint density at radius 1 is 1.13 bits per heavy atom. The van der Waals surface area contributed by atoms with E-state index in [0.717, 1.165) is 23.0 Å². The van der Waals surface area contributed by atoms with Crippen molar-refractivity contribution in [3.05, 3.63) is 72.4 Å². The van der Waals surface area contributed by atoms with Gasteiger partial charge in [-0.05, 0) is 30.5 Å². The lowest BCUT2D eigenvalue weighted by Gasteiger charge is -2.13. The van der Waals surface area contributed by atoms with E-state index in [1.807, 2.05) is 12.1 Å². The number of hydrogen-bond acceptors (Lipinski definition) is 5. The predicted octanol–water partition coefficient (Wildman–Crippen LogP) is 4.41. The first-order valence-corrected chi connectivity index (χ1v) is 8.54. The van der Waals surface area contributed by atoms with Crippen molar-refractivity contribution < 1.29 is 4.42 Å². The summed E-state index contributed by atoms with van der Waals surface area (Å²) in [5, 5.41) is 4.32. The summed E-state index contributed by atoms with van der Waals surface area (Å²) in [6.07, 6.45) is 7.93. The van der Waals surface area contributed by atoms with Crippen molar-refractivity contribution in [1.82, 2.24) is 9.97 Å². The number of rotatable bonds is 7. The molecule has 0 radical (unpaired) electrons. The molecule has 1 atom stereocenters. The fourth-order valence-corrected chi connectivity index (χ4v) is 3.09. The normalized spacial score (nSPS) is 12.0. The van der Waals surface area contributed by atoms with E-state index in [9.17, 15) is 0 Å². The zero-order chi connectivity index (χ0) is 15.9. The Balaban J connectivity index is 1.56. The van der Waals surface area contributed by atoms with Crippen molar-refractivity contribution in [3.8, 4) is 0 Å². The molecule has 0 spiro atoms. The summed E-state index contributed by atoms with van der Waals surface area (Å²) in [4.78, 5) is 8.91. The molecule has 3 rings (SSSR count). The monoisotopic (exact) mass is 325 g/mol. The molecule has 0 aliphatic rings. The second kappa shape index (κ2) is 7.83. The molecule has 5 heteroatoms. The molecular weight excluding hydrogens is 306 g/mol. The number of benzene rings is 1. The molecule has 0 fully saturated rings. The molecule has 0 bridgehead atoms. The van der Waals surface area contributed by atoms with Gasteiger partial charge in [-0.1, -0.05) is 30.3 Å². The summed E-state index contributed by atoms with van der Waals surface area (Å²) in [7, 11) is 0. The molecule has 118 valence electrons. The number of hydrogen-bond donors (Lipinski definition) is 1. The number of nitrogens with zero attached hydrogens (tertiary/aromatic N) is 2. The van der Waals surface area contributed by atoms with Crippen LogP contribution < -0.4 is 5.32 Å². The Morgan fingerprint density at radius 3 is 2.78 bits per heavy atom. The SMILES string of the molecule is CC(Cc1ccoc1)Nc1cncc(SCc2ccccc2)n1. The molecule has 0 saturated heterocycles. The Labute approximate surface area is 140 Å². The zero-order valence-electron chi connectivity index (χ0n) is 13.0. The van der Waals surface area contributed by atoms with Gasteiger partial charge in [0.15, 0.2) is 0 Å². The number of nitrogens with one attached hydrogen (secondary N) is 1. The minimum absolute atomic E-state index is 0.260. The van der Waals surface area contributed by atoms with Crippen molar-refractivity contribution in [3.63, 3.8) is 0 Å². The van der Waals surface area contributed by atoms with Gasteiger partial charge in [0.05, 0.1) is 24.9 Å². The van der Waals surface area contributed by atoms with Crippen molar-refractivity contribution in [2.24, 2.45) is 0 Å². The van der Waals surface area contributed by atoms with Gasteiger partial charge in [-0.25, -0.2) is 4.98 Å². The molecule has 1 N–H and O–H groups in total. The van der Waals surface area contributed by atoms with Crippen LogP contribution in [-0.4, -0.2) is 16.0 Å². The van der Waals surface area contributed by atoms with Gasteiger partial charge in [0.25, 0.3) is 0 Å². The van der Waals surface area contributed by atoms with Crippen LogP contribution in [0.3, 0.4) is 0 Å². The maximum Gasteiger partial charge on any atom is 0.146 e. The van der Waals surface area contributed by atoms with E-state index < -0.39 is 0 Å². The Hall–Kier alpha value is -2.27. The minimum Gasteiger partial charge on any atom is -0.472 e. The summed E-state index contributed by atoms with van der Waals surface area (Å²) in [5.41, 5.74) is 2.46. The predicted molar refractivity (Wildman–Crippen MR) is 93.5 cm³/mol. The molecule has 0 saturated carbocycles. The van der Waals surface area contributed by atoms with Gasteiger partial charge < -0.3 is 9.73 Å². The Kier molecular flexibility index (Phi) is 5.32. The fourth-order valence-electron chi connectivity index (χ4n) is 2.28. The lowest BCUT2D eigenvalue weighted by Crippen LogP contribution is -2.18. The van der Waals surface area contributed by atoms with E-state index in [0.29, 0.717) is 0 Å². The standard InChI is InChI=1S/C18H19N3OS/c1-14(9-16-7-8-22-12-16)20-17-10-19-11-18(21-17)23-13-15-5-3-2-4-6-15/h2-8,10-12,14H,9,13H2,1H3,(H,20,21). The molecule has 3 aromatic rings. The second-order valence-corrected chi connectivity index (χ2v) is 6.39. The third kappa shape index (κ3) is 4.86. The van der Waals surface area contributed by atoms with Crippen molar-refractivity contribution in [2.75, 3.05) is 5.32 Å². The smallest absolute Gasteiger partial charge is 0.146 e. The highest BCUT2D eigenvalue weighted by atomic mass is 32.2. The molecule has 1 unspecified atom stereocenters. The quantitative estimate of drug-likeness (QED) is 0.652. The number of aromatic nitrogens is 2. The topological polar surface area (TPSA) is 51.0 Å². The highest BCUT2D eigenvalue weighted by molar-refractivity contribution is 7.98. The summed E-state index contributed by atoms with van der Waals surface area (Å²) in [6.45, 7) is 2.12. The lowest BCUT2D eigenvalue weighted by atomic mass is 10.1. The van der Waals surface area contributed by atoms with Crippen LogP contribution in [0.5, 0.6) is 0 Å². The Morgan fingerprint density at radius 2 is 2.00 bits per heavy atom. The molecule has 0 aliphatic carbocycles. The first-order chi connectivity index (χ1) is 11.3. The molecular formula is C18H19N3OS. The van der Waals surface area contributed by atoms with Gasteiger partial charge in [-0.2, -0.15) is 0 Å². The van der Waals surface area contributed by atoms with E-state index in [2.05, 4.69) is 46.5 Å². The molecule has 4 nitrogen and oxygen atoms in total. The van der Waals surface area contributed by atoms with Crippen LogP contribution in [0.25, 0.3) is 0 Å². The van der Waals surface area contributed by atoms with Gasteiger partial charge in [0, 0.05) is 11.8 Å². The van der Waals surface area contributed by atoms with Crippen LogP contribution in [-0.2, 0) is 12.2 Å². The van der Waals surface area contributed by atoms with Gasteiger partial charge in [0.1, 0.15) is 10.8 Å². The summed E-state index contributed by atoms with van der Waals surface area (Å²) >= 11 is 1.69. The third-order valence-electron chi connectivity index (χ3n) is 3.36. The highest BCUT2D eigenvalue weighted by Gasteiger charge is 2.07. The van der Waals surface area contributed by atoms with Crippen molar-refractivity contribution in [1.29, 1.82) is 0 Å². The molecule has 2 heterocycles. The lowest BCUT2D eigenvalue weighted by molar-refractivity contribution is 0.562. The van der Waals surface area contributed by atoms with E-state index >= 15 is 0 Å². The first-order valence-electron chi connectivity index (χ1n) is 7.56. The fraction of sp³-hybridized carbons (Fsp3) is 0.222. The molecule has 0 amide bonds. The molecule has 23 heavy (non-hydrogen) atoms. The van der Waals surface area contributed by atoms with Gasteiger partial charge >= 0.3 is 0 Å². The zero-order valence-corrected chi connectivity index (χ0v) is 13.8. The van der Waals surface area contributed by atoms with Crippen LogP contribution in [0.15, 0.2) is 70.8 Å². The van der Waals surface area contributed by atoms with Gasteiger partial charge in [-0.15, -0.1) is 11.8 Å². The van der Waals surface area contributed by atoms with E-state index in [1.165, 1.54) is 11.1 Å². The Bertz CT molecular complexity index is 716. The molecule has 0 aliphatic heterocycles. The van der Waals surface area contributed by atoms with Crippen molar-refractivity contribution in [2.45, 2.75) is 30.2 Å². The van der Waals surface area contributed by atoms with Crippen LogP contribution in [0.2, 0.25) is 0 Å². The van der Waals surface area contributed by atoms with Crippen molar-refractivity contribution >= 4 is 17.6 Å². The summed E-state index contributed by atoms with van der Waals surface area (Å²) in [5.74, 6) is 1.70. The van der Waals surface area contributed by atoms with E-state index in [1.54, 1.807) is 36.7 Å². The van der Waals surface area contributed by atoms with Crippen LogP contribution in [0.4, 0.5) is 5.82 Å². The number of anilines is 1. The maximum atomic E-state index is 5.10. The van der Waals surface area contributed by atoms with Gasteiger partial charge in [-0.3, -0.25) is 4.98 Å².